The van der Waals surface area contributed by atoms with E-state index in [-0.39, 0.29) is 12.2 Å². The van der Waals surface area contributed by atoms with Crippen molar-refractivity contribution in [2.24, 2.45) is 0 Å². The molecule has 0 aliphatic rings. The van der Waals surface area contributed by atoms with Crippen molar-refractivity contribution < 1.29 is 4.79 Å². The van der Waals surface area contributed by atoms with Gasteiger partial charge in [-0.3, -0.25) is 9.55 Å². The number of aldehydes is 1. The predicted octanol–water partition coefficient (Wildman–Crippen LogP) is 1.09. The fourth-order valence-electron chi connectivity index (χ4n) is 2.18. The van der Waals surface area contributed by atoms with Gasteiger partial charge >= 0.3 is 5.69 Å². The SMILES string of the molecule is Cc1cnc(-n2c(=O)n(CC=O)c3ccccc32)cn1. The molecule has 0 N–H and O–H groups in total. The molecule has 3 rings (SSSR count). The average molecular weight is 268 g/mol. The molecule has 20 heavy (non-hydrogen) atoms. The van der Waals surface area contributed by atoms with Crippen molar-refractivity contribution in [2.45, 2.75) is 13.5 Å². The maximum atomic E-state index is 12.5. The second kappa shape index (κ2) is 4.73. The lowest BCUT2D eigenvalue weighted by Gasteiger charge is -2.01. The van der Waals surface area contributed by atoms with Gasteiger partial charge in [0.2, 0.25) is 0 Å². The summed E-state index contributed by atoms with van der Waals surface area (Å²) in [6.45, 7) is 1.85. The fourth-order valence-corrected chi connectivity index (χ4v) is 2.18. The van der Waals surface area contributed by atoms with Gasteiger partial charge in [0.25, 0.3) is 0 Å². The largest absolute Gasteiger partial charge is 0.335 e. The second-order valence-electron chi connectivity index (χ2n) is 4.40. The Morgan fingerprint density at radius 2 is 1.90 bits per heavy atom. The number of benzene rings is 1. The molecule has 0 fully saturated rings. The smallest absolute Gasteiger partial charge is 0.301 e. The molecule has 0 atom stereocenters. The summed E-state index contributed by atoms with van der Waals surface area (Å²) in [6.07, 6.45) is 3.86. The number of hydrogen-bond donors (Lipinski definition) is 0. The van der Waals surface area contributed by atoms with Gasteiger partial charge in [-0.05, 0) is 19.1 Å². The van der Waals surface area contributed by atoms with Crippen LogP contribution in [-0.4, -0.2) is 25.4 Å². The van der Waals surface area contributed by atoms with Crippen LogP contribution in [0.5, 0.6) is 0 Å². The Hall–Kier alpha value is -2.76. The zero-order valence-corrected chi connectivity index (χ0v) is 10.9. The number of carbonyl (C=O) groups is 1. The van der Waals surface area contributed by atoms with Crippen LogP contribution in [0.1, 0.15) is 5.69 Å². The summed E-state index contributed by atoms with van der Waals surface area (Å²) < 4.78 is 2.88. The molecule has 0 saturated carbocycles. The third kappa shape index (κ3) is 1.82. The van der Waals surface area contributed by atoms with Crippen LogP contribution < -0.4 is 5.69 Å². The second-order valence-corrected chi connectivity index (χ2v) is 4.40. The molecule has 0 amide bonds. The molecular weight excluding hydrogens is 256 g/mol. The van der Waals surface area contributed by atoms with Crippen molar-refractivity contribution in [3.05, 3.63) is 52.8 Å². The zero-order valence-electron chi connectivity index (χ0n) is 10.9. The molecule has 0 saturated heterocycles. The van der Waals surface area contributed by atoms with Crippen LogP contribution in [0.2, 0.25) is 0 Å². The van der Waals surface area contributed by atoms with Crippen LogP contribution in [0.3, 0.4) is 0 Å². The predicted molar refractivity (Wildman–Crippen MR) is 73.9 cm³/mol. The normalized spacial score (nSPS) is 10.8. The number of para-hydroxylation sites is 2. The van der Waals surface area contributed by atoms with Gasteiger partial charge in [0, 0.05) is 0 Å². The van der Waals surface area contributed by atoms with Crippen molar-refractivity contribution in [2.75, 3.05) is 0 Å². The zero-order chi connectivity index (χ0) is 14.1. The van der Waals surface area contributed by atoms with Crippen LogP contribution in [0.4, 0.5) is 0 Å². The highest BCUT2D eigenvalue weighted by Gasteiger charge is 2.14. The molecule has 0 spiro atoms. The summed E-state index contributed by atoms with van der Waals surface area (Å²) in [7, 11) is 0. The summed E-state index contributed by atoms with van der Waals surface area (Å²) in [5.74, 6) is 0.446. The molecule has 0 radical (unpaired) electrons. The van der Waals surface area contributed by atoms with Gasteiger partial charge in [-0.1, -0.05) is 12.1 Å². The monoisotopic (exact) mass is 268 g/mol. The minimum Gasteiger partial charge on any atom is -0.301 e. The first-order valence-corrected chi connectivity index (χ1v) is 6.15. The van der Waals surface area contributed by atoms with E-state index in [1.54, 1.807) is 18.5 Å². The van der Waals surface area contributed by atoms with Crippen molar-refractivity contribution >= 4 is 17.3 Å². The van der Waals surface area contributed by atoms with E-state index in [1.165, 1.54) is 9.13 Å². The van der Waals surface area contributed by atoms with E-state index in [0.29, 0.717) is 23.1 Å². The first kappa shape index (κ1) is 12.3. The van der Waals surface area contributed by atoms with E-state index in [0.717, 1.165) is 5.69 Å². The first-order chi connectivity index (χ1) is 9.72. The van der Waals surface area contributed by atoms with Gasteiger partial charge in [0.1, 0.15) is 6.29 Å². The standard InChI is InChI=1S/C14H12N4O2/c1-10-8-16-13(9-15-10)18-12-5-3-2-4-11(12)17(6-7-19)14(18)20/h2-5,7-9H,6H2,1H3. The van der Waals surface area contributed by atoms with E-state index in [4.69, 9.17) is 0 Å². The minimum atomic E-state index is -0.295. The number of fused-ring (bicyclic) bond motifs is 1. The van der Waals surface area contributed by atoms with Crippen LogP contribution in [0.25, 0.3) is 16.9 Å². The van der Waals surface area contributed by atoms with Crippen LogP contribution in [-0.2, 0) is 11.3 Å². The highest BCUT2D eigenvalue weighted by Crippen LogP contribution is 2.15. The highest BCUT2D eigenvalue weighted by atomic mass is 16.2. The summed E-state index contributed by atoms with van der Waals surface area (Å²) in [4.78, 5) is 31.6. The molecule has 0 bridgehead atoms. The summed E-state index contributed by atoms with van der Waals surface area (Å²) >= 11 is 0. The van der Waals surface area contributed by atoms with Gasteiger partial charge in [-0.2, -0.15) is 0 Å². The van der Waals surface area contributed by atoms with E-state index in [2.05, 4.69) is 9.97 Å². The molecule has 0 aliphatic carbocycles. The number of imidazole rings is 1. The van der Waals surface area contributed by atoms with E-state index in [1.807, 2.05) is 25.1 Å². The van der Waals surface area contributed by atoms with Crippen LogP contribution >= 0.6 is 0 Å². The average Bonchev–Trinajstić information content (AvgIpc) is 2.74. The van der Waals surface area contributed by atoms with E-state index >= 15 is 0 Å². The third-order valence-corrected chi connectivity index (χ3v) is 3.09. The number of aryl methyl sites for hydroxylation is 1. The number of hydrogen-bond acceptors (Lipinski definition) is 4. The van der Waals surface area contributed by atoms with Gasteiger partial charge in [0.15, 0.2) is 5.82 Å². The lowest BCUT2D eigenvalue weighted by molar-refractivity contribution is -0.108. The maximum Gasteiger partial charge on any atom is 0.335 e. The maximum absolute atomic E-state index is 12.5. The van der Waals surface area contributed by atoms with E-state index in [9.17, 15) is 9.59 Å². The molecule has 3 aromatic rings. The van der Waals surface area contributed by atoms with Crippen molar-refractivity contribution in [1.29, 1.82) is 0 Å². The molecule has 0 unspecified atom stereocenters. The van der Waals surface area contributed by atoms with Crippen molar-refractivity contribution in [3.8, 4) is 5.82 Å². The molecule has 1 aromatic carbocycles. The molecule has 6 nitrogen and oxygen atoms in total. The Morgan fingerprint density at radius 1 is 1.15 bits per heavy atom. The molecule has 6 heteroatoms. The molecule has 0 aliphatic heterocycles. The first-order valence-electron chi connectivity index (χ1n) is 6.15. The third-order valence-electron chi connectivity index (χ3n) is 3.09. The highest BCUT2D eigenvalue weighted by molar-refractivity contribution is 5.78. The van der Waals surface area contributed by atoms with Crippen LogP contribution in [0, 0.1) is 6.92 Å². The molecule has 100 valence electrons. The van der Waals surface area contributed by atoms with Gasteiger partial charge in [-0.15, -0.1) is 0 Å². The Kier molecular flexibility index (Phi) is 2.90. The lowest BCUT2D eigenvalue weighted by atomic mass is 10.3. The number of rotatable bonds is 3. The Balaban J connectivity index is 2.35. The minimum absolute atomic E-state index is 0.0195. The van der Waals surface area contributed by atoms with Crippen molar-refractivity contribution in [3.63, 3.8) is 0 Å². The fraction of sp³-hybridized carbons (Fsp3) is 0.143. The summed E-state index contributed by atoms with van der Waals surface area (Å²) in [5.41, 5.74) is 1.89. The van der Waals surface area contributed by atoms with Crippen LogP contribution in [0.15, 0.2) is 41.5 Å². The Labute approximate surface area is 114 Å². The van der Waals surface area contributed by atoms with Gasteiger partial charge in [-0.25, -0.2) is 14.3 Å². The topological polar surface area (TPSA) is 69.8 Å². The Bertz CT molecular complexity index is 830. The molecular formula is C14H12N4O2. The number of aromatic nitrogens is 4. The molecule has 2 aromatic heterocycles. The molecule has 2 heterocycles. The number of nitrogens with zero attached hydrogens (tertiary/aromatic N) is 4. The van der Waals surface area contributed by atoms with Gasteiger partial charge in [0.05, 0.1) is 35.7 Å². The van der Waals surface area contributed by atoms with Gasteiger partial charge < -0.3 is 4.79 Å². The van der Waals surface area contributed by atoms with Crippen molar-refractivity contribution in [1.82, 2.24) is 19.1 Å². The summed E-state index contributed by atoms with van der Waals surface area (Å²) in [5, 5.41) is 0. The summed E-state index contributed by atoms with van der Waals surface area (Å²) in [6, 6.07) is 7.29. The quantitative estimate of drug-likeness (QED) is 0.667. The number of carbonyl (C=O) groups excluding carboxylic acids is 1. The van der Waals surface area contributed by atoms with E-state index < -0.39 is 0 Å². The Morgan fingerprint density at radius 3 is 2.55 bits per heavy atom. The lowest BCUT2D eigenvalue weighted by Crippen LogP contribution is -2.24.